The summed E-state index contributed by atoms with van der Waals surface area (Å²) in [6.07, 6.45) is 6.58. The van der Waals surface area contributed by atoms with Crippen molar-refractivity contribution in [2.24, 2.45) is 5.41 Å². The smallest absolute Gasteiger partial charge is 0.186 e. The molecule has 3 aromatic heterocycles. The third-order valence-electron chi connectivity index (χ3n) is 6.05. The van der Waals surface area contributed by atoms with Crippen molar-refractivity contribution in [3.8, 4) is 11.4 Å². The normalized spacial score (nSPS) is 24.2. The summed E-state index contributed by atoms with van der Waals surface area (Å²) in [5.74, 6) is 1.68. The van der Waals surface area contributed by atoms with E-state index >= 15 is 0 Å². The van der Waals surface area contributed by atoms with Crippen molar-refractivity contribution in [1.82, 2.24) is 19.8 Å². The lowest BCUT2D eigenvalue weighted by Crippen LogP contribution is -2.60. The molecule has 0 aliphatic heterocycles. The van der Waals surface area contributed by atoms with Crippen LogP contribution >= 0.6 is 11.3 Å². The second-order valence-corrected chi connectivity index (χ2v) is 8.12. The van der Waals surface area contributed by atoms with Gasteiger partial charge in [0.05, 0.1) is 6.10 Å². The van der Waals surface area contributed by atoms with Crippen LogP contribution in [0.2, 0.25) is 0 Å². The third kappa shape index (κ3) is 2.45. The number of fused-ring (bicyclic) bond motifs is 1. The third-order valence-corrected chi connectivity index (χ3v) is 6.73. The highest BCUT2D eigenvalue weighted by atomic mass is 32.1. The molecule has 1 spiro atoms. The van der Waals surface area contributed by atoms with Crippen molar-refractivity contribution in [3.63, 3.8) is 0 Å². The lowest BCUT2D eigenvalue weighted by molar-refractivity contribution is -0.114. The summed E-state index contributed by atoms with van der Waals surface area (Å²) in [6, 6.07) is 6.48. The van der Waals surface area contributed by atoms with Crippen molar-refractivity contribution >= 4 is 22.8 Å². The average Bonchev–Trinajstić information content (AvgIpc) is 3.40. The molecule has 5 rings (SSSR count). The Bertz CT molecular complexity index is 900. The molecule has 2 fully saturated rings. The van der Waals surface area contributed by atoms with E-state index in [1.807, 2.05) is 22.0 Å². The van der Waals surface area contributed by atoms with Crippen LogP contribution in [0.5, 0.6) is 0 Å². The fraction of sp³-hybridized carbons (Fsp3) is 0.526. The van der Waals surface area contributed by atoms with Crippen LogP contribution in [0, 0.1) is 5.41 Å². The predicted molar refractivity (Wildman–Crippen MR) is 102 cm³/mol. The number of hydrogen-bond acceptors (Lipinski definition) is 6. The van der Waals surface area contributed by atoms with Crippen molar-refractivity contribution < 1.29 is 4.74 Å². The van der Waals surface area contributed by atoms with Gasteiger partial charge >= 0.3 is 0 Å². The number of nitrogens with one attached hydrogen (secondary N) is 1. The SMILES string of the molecule is CCOC1CC(Nc2ccc3nnc(-c4ccsc4)n3n2)C12CCCC2. The quantitative estimate of drug-likeness (QED) is 0.736. The zero-order valence-electron chi connectivity index (χ0n) is 14.9. The molecule has 2 unspecified atom stereocenters. The Hall–Kier alpha value is -1.99. The van der Waals surface area contributed by atoms with Gasteiger partial charge in [0, 0.05) is 29.0 Å². The maximum atomic E-state index is 6.02. The van der Waals surface area contributed by atoms with Gasteiger partial charge < -0.3 is 10.1 Å². The average molecular weight is 369 g/mol. The predicted octanol–water partition coefficient (Wildman–Crippen LogP) is 4.00. The van der Waals surface area contributed by atoms with E-state index in [1.54, 1.807) is 11.3 Å². The minimum Gasteiger partial charge on any atom is -0.378 e. The van der Waals surface area contributed by atoms with Crippen LogP contribution in [0.25, 0.3) is 17.0 Å². The molecule has 26 heavy (non-hydrogen) atoms. The van der Waals surface area contributed by atoms with Crippen molar-refractivity contribution in [3.05, 3.63) is 29.0 Å². The summed E-state index contributed by atoms with van der Waals surface area (Å²) in [4.78, 5) is 0. The van der Waals surface area contributed by atoms with E-state index in [1.165, 1.54) is 25.7 Å². The molecule has 2 aliphatic carbocycles. The van der Waals surface area contributed by atoms with Crippen LogP contribution in [0.4, 0.5) is 5.82 Å². The van der Waals surface area contributed by atoms with Gasteiger partial charge in [-0.15, -0.1) is 15.3 Å². The molecular weight excluding hydrogens is 346 g/mol. The molecule has 0 amide bonds. The molecule has 0 bridgehead atoms. The number of rotatable bonds is 5. The van der Waals surface area contributed by atoms with Crippen molar-refractivity contribution in [2.45, 2.75) is 51.2 Å². The zero-order chi connectivity index (χ0) is 17.6. The Labute approximate surface area is 156 Å². The Morgan fingerprint density at radius 2 is 2.15 bits per heavy atom. The summed E-state index contributed by atoms with van der Waals surface area (Å²) in [5, 5.41) is 21.1. The molecular formula is C19H23N5OS. The summed E-state index contributed by atoms with van der Waals surface area (Å²) >= 11 is 1.65. The van der Waals surface area contributed by atoms with Crippen molar-refractivity contribution in [1.29, 1.82) is 0 Å². The molecule has 2 atom stereocenters. The Morgan fingerprint density at radius 3 is 2.92 bits per heavy atom. The van der Waals surface area contributed by atoms with E-state index in [0.717, 1.165) is 35.9 Å². The summed E-state index contributed by atoms with van der Waals surface area (Å²) in [5.41, 5.74) is 2.11. The molecule has 0 aromatic carbocycles. The lowest BCUT2D eigenvalue weighted by atomic mass is 9.60. The van der Waals surface area contributed by atoms with E-state index in [-0.39, 0.29) is 5.41 Å². The monoisotopic (exact) mass is 369 g/mol. The zero-order valence-corrected chi connectivity index (χ0v) is 15.7. The van der Waals surface area contributed by atoms with Gasteiger partial charge in [-0.05, 0) is 49.8 Å². The second kappa shape index (κ2) is 6.32. The maximum Gasteiger partial charge on any atom is 0.186 e. The van der Waals surface area contributed by atoms with Crippen LogP contribution in [0.3, 0.4) is 0 Å². The minimum atomic E-state index is 0.288. The first-order valence-corrected chi connectivity index (χ1v) is 10.4. The fourth-order valence-electron chi connectivity index (χ4n) is 4.71. The molecule has 0 radical (unpaired) electrons. The molecule has 2 aliphatic rings. The van der Waals surface area contributed by atoms with Gasteiger partial charge in [0.1, 0.15) is 5.82 Å². The van der Waals surface area contributed by atoms with E-state index in [0.29, 0.717) is 12.1 Å². The highest BCUT2D eigenvalue weighted by Gasteiger charge is 2.56. The van der Waals surface area contributed by atoms with Gasteiger partial charge in [0.2, 0.25) is 0 Å². The molecule has 136 valence electrons. The highest BCUT2D eigenvalue weighted by molar-refractivity contribution is 7.08. The Morgan fingerprint density at radius 1 is 1.27 bits per heavy atom. The number of thiophene rings is 1. The molecule has 2 saturated carbocycles. The van der Waals surface area contributed by atoms with Gasteiger partial charge in [0.15, 0.2) is 11.5 Å². The van der Waals surface area contributed by atoms with Gasteiger partial charge in [0.25, 0.3) is 0 Å². The first kappa shape index (κ1) is 16.2. The van der Waals surface area contributed by atoms with Crippen LogP contribution in [0.15, 0.2) is 29.0 Å². The fourth-order valence-corrected chi connectivity index (χ4v) is 5.34. The number of anilines is 1. The first-order chi connectivity index (χ1) is 12.8. The van der Waals surface area contributed by atoms with Gasteiger partial charge in [-0.25, -0.2) is 0 Å². The van der Waals surface area contributed by atoms with Crippen molar-refractivity contribution in [2.75, 3.05) is 11.9 Å². The number of ether oxygens (including phenoxy) is 1. The summed E-state index contributed by atoms with van der Waals surface area (Å²) in [6.45, 7) is 2.89. The highest BCUT2D eigenvalue weighted by Crippen LogP contribution is 2.55. The number of hydrogen-bond donors (Lipinski definition) is 1. The van der Waals surface area contributed by atoms with Crippen LogP contribution in [0.1, 0.15) is 39.0 Å². The van der Waals surface area contributed by atoms with Crippen LogP contribution < -0.4 is 5.32 Å². The van der Waals surface area contributed by atoms with Gasteiger partial charge in [-0.2, -0.15) is 15.9 Å². The molecule has 3 aromatic rings. The molecule has 3 heterocycles. The molecule has 6 nitrogen and oxygen atoms in total. The van der Waals surface area contributed by atoms with E-state index in [2.05, 4.69) is 33.9 Å². The molecule has 0 saturated heterocycles. The molecule has 1 N–H and O–H groups in total. The largest absolute Gasteiger partial charge is 0.378 e. The lowest BCUT2D eigenvalue weighted by Gasteiger charge is -2.54. The topological polar surface area (TPSA) is 64.3 Å². The maximum absolute atomic E-state index is 6.02. The van der Waals surface area contributed by atoms with Crippen LogP contribution in [-0.4, -0.2) is 38.6 Å². The van der Waals surface area contributed by atoms with E-state index in [9.17, 15) is 0 Å². The number of nitrogens with zero attached hydrogens (tertiary/aromatic N) is 4. The standard InChI is InChI=1S/C19H23N5OS/c1-2-25-15-11-14(19(15)8-3-4-9-19)20-16-5-6-17-21-22-18(24(17)23-16)13-7-10-26-12-13/h5-7,10,12,14-15H,2-4,8-9,11H2,1H3,(H,20,23). The second-order valence-electron chi connectivity index (χ2n) is 7.34. The minimum absolute atomic E-state index is 0.288. The molecule has 7 heteroatoms. The van der Waals surface area contributed by atoms with Crippen LogP contribution in [-0.2, 0) is 4.74 Å². The van der Waals surface area contributed by atoms with E-state index < -0.39 is 0 Å². The number of aromatic nitrogens is 4. The van der Waals surface area contributed by atoms with Gasteiger partial charge in [-0.1, -0.05) is 12.8 Å². The Kier molecular flexibility index (Phi) is 3.94. The summed E-state index contributed by atoms with van der Waals surface area (Å²) < 4.78 is 7.86. The Balaban J connectivity index is 1.42. The van der Waals surface area contributed by atoms with Gasteiger partial charge in [-0.3, -0.25) is 0 Å². The first-order valence-electron chi connectivity index (χ1n) is 9.43. The summed E-state index contributed by atoms with van der Waals surface area (Å²) in [7, 11) is 0. The van der Waals surface area contributed by atoms with E-state index in [4.69, 9.17) is 9.84 Å².